The van der Waals surface area contributed by atoms with E-state index in [0.717, 1.165) is 26.2 Å². The molecule has 0 spiro atoms. The molecule has 0 atom stereocenters. The van der Waals surface area contributed by atoms with Crippen LogP contribution < -0.4 is 10.6 Å². The molecule has 3 rings (SSSR count). The highest BCUT2D eigenvalue weighted by molar-refractivity contribution is 5.94. The van der Waals surface area contributed by atoms with Gasteiger partial charge in [0, 0.05) is 18.5 Å². The lowest BCUT2D eigenvalue weighted by molar-refractivity contribution is 0.471. The molecule has 1 aliphatic rings. The fourth-order valence-electron chi connectivity index (χ4n) is 3.59. The van der Waals surface area contributed by atoms with E-state index in [2.05, 4.69) is 85.2 Å². The van der Waals surface area contributed by atoms with E-state index < -0.39 is 0 Å². The zero-order valence-corrected chi connectivity index (χ0v) is 14.1. The van der Waals surface area contributed by atoms with Gasteiger partial charge in [-0.05, 0) is 41.4 Å². The van der Waals surface area contributed by atoms with Crippen LogP contribution in [0.1, 0.15) is 30.5 Å². The van der Waals surface area contributed by atoms with E-state index in [9.17, 15) is 0 Å². The highest BCUT2D eigenvalue weighted by Crippen LogP contribution is 2.46. The van der Waals surface area contributed by atoms with E-state index in [-0.39, 0.29) is 5.41 Å². The predicted octanol–water partition coefficient (Wildman–Crippen LogP) is 3.70. The van der Waals surface area contributed by atoms with Crippen molar-refractivity contribution in [3.8, 4) is 0 Å². The summed E-state index contributed by atoms with van der Waals surface area (Å²) in [7, 11) is 0. The number of likely N-dealkylation sites (N-methyl/N-ethyl adjacent to an activating group) is 2. The number of nitrogens with one attached hydrogen (secondary N) is 2. The highest BCUT2D eigenvalue weighted by Gasteiger charge is 2.41. The second-order valence-electron chi connectivity index (χ2n) is 6.15. The Hall–Kier alpha value is -1.90. The molecule has 2 heteroatoms. The van der Waals surface area contributed by atoms with Gasteiger partial charge >= 0.3 is 0 Å². The van der Waals surface area contributed by atoms with E-state index >= 15 is 0 Å². The van der Waals surface area contributed by atoms with Crippen LogP contribution in [0.15, 0.2) is 54.6 Å². The normalized spacial score (nSPS) is 15.3. The summed E-state index contributed by atoms with van der Waals surface area (Å²) in [5, 5.41) is 7.20. The van der Waals surface area contributed by atoms with Crippen molar-refractivity contribution in [3.05, 3.63) is 71.3 Å². The Bertz CT molecular complexity index is 665. The smallest absolute Gasteiger partial charge is 0.0463 e. The van der Waals surface area contributed by atoms with Crippen LogP contribution in [0.3, 0.4) is 0 Å². The molecule has 0 aromatic heterocycles. The lowest BCUT2D eigenvalue weighted by Gasteiger charge is -2.35. The first-order valence-corrected chi connectivity index (χ1v) is 8.60. The fourth-order valence-corrected chi connectivity index (χ4v) is 3.59. The molecule has 23 heavy (non-hydrogen) atoms. The summed E-state index contributed by atoms with van der Waals surface area (Å²) in [5.41, 5.74) is 5.51. The summed E-state index contributed by atoms with van der Waals surface area (Å²) in [6, 6.07) is 19.6. The SMILES string of the molecule is CCNCC1(CNCC)C(c2ccccc2)=Cc2ccccc21. The van der Waals surface area contributed by atoms with Crippen molar-refractivity contribution in [2.24, 2.45) is 0 Å². The molecule has 2 nitrogen and oxygen atoms in total. The van der Waals surface area contributed by atoms with Crippen molar-refractivity contribution < 1.29 is 0 Å². The second-order valence-corrected chi connectivity index (χ2v) is 6.15. The average molecular weight is 306 g/mol. The van der Waals surface area contributed by atoms with Gasteiger partial charge in [-0.25, -0.2) is 0 Å². The van der Waals surface area contributed by atoms with E-state index in [1.807, 2.05) is 0 Å². The van der Waals surface area contributed by atoms with E-state index in [1.165, 1.54) is 22.3 Å². The molecule has 0 aliphatic heterocycles. The number of hydrogen-bond acceptors (Lipinski definition) is 2. The molecule has 2 aromatic carbocycles. The minimum atomic E-state index is -0.00995. The summed E-state index contributed by atoms with van der Waals surface area (Å²) in [6.07, 6.45) is 2.37. The number of benzene rings is 2. The Labute approximate surface area is 139 Å². The Kier molecular flexibility index (Phi) is 4.94. The molecule has 0 fully saturated rings. The topological polar surface area (TPSA) is 24.1 Å². The molecule has 0 saturated heterocycles. The van der Waals surface area contributed by atoms with Crippen molar-refractivity contribution in [2.75, 3.05) is 26.2 Å². The first-order chi connectivity index (χ1) is 11.3. The molecule has 0 radical (unpaired) electrons. The third-order valence-corrected chi connectivity index (χ3v) is 4.73. The van der Waals surface area contributed by atoms with Gasteiger partial charge in [0.15, 0.2) is 0 Å². The third kappa shape index (κ3) is 2.97. The van der Waals surface area contributed by atoms with Crippen LogP contribution in [0.2, 0.25) is 0 Å². The number of fused-ring (bicyclic) bond motifs is 1. The zero-order valence-electron chi connectivity index (χ0n) is 14.1. The summed E-state index contributed by atoms with van der Waals surface area (Å²) in [6.45, 7) is 8.22. The predicted molar refractivity (Wildman–Crippen MR) is 99.5 cm³/mol. The van der Waals surface area contributed by atoms with Crippen LogP contribution in [0, 0.1) is 0 Å². The van der Waals surface area contributed by atoms with E-state index in [4.69, 9.17) is 0 Å². The Morgan fingerprint density at radius 3 is 2.04 bits per heavy atom. The standard InChI is InChI=1S/C21H26N2/c1-3-22-15-21(16-23-4-2)19-13-9-8-12-18(19)14-20(21)17-10-6-5-7-11-17/h5-14,22-23H,3-4,15-16H2,1-2H3. The molecule has 2 aromatic rings. The van der Waals surface area contributed by atoms with Crippen LogP contribution in [0.4, 0.5) is 0 Å². The number of hydrogen-bond donors (Lipinski definition) is 2. The molecular formula is C21H26N2. The Morgan fingerprint density at radius 1 is 0.783 bits per heavy atom. The van der Waals surface area contributed by atoms with Gasteiger partial charge < -0.3 is 10.6 Å². The molecular weight excluding hydrogens is 280 g/mol. The zero-order chi connectivity index (χ0) is 16.1. The van der Waals surface area contributed by atoms with Crippen molar-refractivity contribution >= 4 is 11.6 Å². The molecule has 2 N–H and O–H groups in total. The van der Waals surface area contributed by atoms with Crippen LogP contribution in [-0.4, -0.2) is 26.2 Å². The molecule has 0 saturated carbocycles. The van der Waals surface area contributed by atoms with Gasteiger partial charge in [-0.1, -0.05) is 68.4 Å². The van der Waals surface area contributed by atoms with Gasteiger partial charge in [0.25, 0.3) is 0 Å². The number of rotatable bonds is 7. The van der Waals surface area contributed by atoms with E-state index in [0.29, 0.717) is 0 Å². The van der Waals surface area contributed by atoms with Gasteiger partial charge in [0.05, 0.1) is 0 Å². The van der Waals surface area contributed by atoms with Crippen molar-refractivity contribution in [2.45, 2.75) is 19.3 Å². The summed E-state index contributed by atoms with van der Waals surface area (Å²) < 4.78 is 0. The van der Waals surface area contributed by atoms with Crippen LogP contribution in [0.25, 0.3) is 11.6 Å². The minimum Gasteiger partial charge on any atom is -0.316 e. The lowest BCUT2D eigenvalue weighted by atomic mass is 9.74. The quantitative estimate of drug-likeness (QED) is 0.815. The first-order valence-electron chi connectivity index (χ1n) is 8.60. The molecule has 0 bridgehead atoms. The monoisotopic (exact) mass is 306 g/mol. The van der Waals surface area contributed by atoms with Gasteiger partial charge in [-0.15, -0.1) is 0 Å². The summed E-state index contributed by atoms with van der Waals surface area (Å²) in [4.78, 5) is 0. The van der Waals surface area contributed by atoms with Crippen molar-refractivity contribution in [3.63, 3.8) is 0 Å². The van der Waals surface area contributed by atoms with Gasteiger partial charge in [-0.2, -0.15) is 0 Å². The van der Waals surface area contributed by atoms with Crippen LogP contribution >= 0.6 is 0 Å². The lowest BCUT2D eigenvalue weighted by Crippen LogP contribution is -2.45. The van der Waals surface area contributed by atoms with E-state index in [1.54, 1.807) is 0 Å². The van der Waals surface area contributed by atoms with Crippen LogP contribution in [0.5, 0.6) is 0 Å². The van der Waals surface area contributed by atoms with Crippen molar-refractivity contribution in [1.82, 2.24) is 10.6 Å². The minimum absolute atomic E-state index is 0.00995. The molecule has 120 valence electrons. The third-order valence-electron chi connectivity index (χ3n) is 4.73. The molecule has 0 amide bonds. The maximum Gasteiger partial charge on any atom is 0.0463 e. The molecule has 0 unspecified atom stereocenters. The fraction of sp³-hybridized carbons (Fsp3) is 0.333. The van der Waals surface area contributed by atoms with Gasteiger partial charge in [-0.3, -0.25) is 0 Å². The molecule has 1 aliphatic carbocycles. The van der Waals surface area contributed by atoms with Crippen molar-refractivity contribution in [1.29, 1.82) is 0 Å². The first kappa shape index (κ1) is 16.0. The second kappa shape index (κ2) is 7.12. The molecule has 0 heterocycles. The van der Waals surface area contributed by atoms with Gasteiger partial charge in [0.2, 0.25) is 0 Å². The summed E-state index contributed by atoms with van der Waals surface area (Å²) in [5.74, 6) is 0. The Morgan fingerprint density at radius 2 is 1.39 bits per heavy atom. The van der Waals surface area contributed by atoms with Crippen LogP contribution in [-0.2, 0) is 5.41 Å². The largest absolute Gasteiger partial charge is 0.316 e. The maximum atomic E-state index is 3.60. The highest BCUT2D eigenvalue weighted by atomic mass is 14.9. The Balaban J connectivity index is 2.11. The average Bonchev–Trinajstić information content (AvgIpc) is 2.94. The maximum absolute atomic E-state index is 3.60. The summed E-state index contributed by atoms with van der Waals surface area (Å²) >= 11 is 0. The van der Waals surface area contributed by atoms with Gasteiger partial charge in [0.1, 0.15) is 0 Å².